The van der Waals surface area contributed by atoms with Gasteiger partial charge >= 0.3 is 0 Å². The average molecular weight is 471 g/mol. The van der Waals surface area contributed by atoms with E-state index in [1.54, 1.807) is 41.7 Å². The predicted octanol–water partition coefficient (Wildman–Crippen LogP) is 3.93. The molecule has 5 rings (SSSR count). The number of thiophene rings is 1. The summed E-state index contributed by atoms with van der Waals surface area (Å²) in [5.74, 6) is 1.10. The highest BCUT2D eigenvalue weighted by Crippen LogP contribution is 2.36. The van der Waals surface area contributed by atoms with Gasteiger partial charge in [0.2, 0.25) is 16.8 Å². The first-order valence-electron chi connectivity index (χ1n) is 10.3. The quantitative estimate of drug-likeness (QED) is 0.590. The monoisotopic (exact) mass is 470 g/mol. The molecule has 0 aliphatic carbocycles. The highest BCUT2D eigenvalue weighted by atomic mass is 32.2. The maximum absolute atomic E-state index is 13.2. The molecule has 166 valence electrons. The average Bonchev–Trinajstić information content (AvgIpc) is 3.58. The number of hydrogen-bond acceptors (Lipinski definition) is 6. The van der Waals surface area contributed by atoms with Gasteiger partial charge in [0, 0.05) is 23.5 Å². The molecule has 7 nitrogen and oxygen atoms in total. The molecule has 3 aromatic rings. The fourth-order valence-corrected chi connectivity index (χ4v) is 6.00. The number of rotatable bonds is 6. The maximum atomic E-state index is 13.2. The van der Waals surface area contributed by atoms with Crippen molar-refractivity contribution < 1.29 is 22.7 Å². The number of hydrogen-bond donors (Lipinski definition) is 1. The van der Waals surface area contributed by atoms with Gasteiger partial charge in [-0.2, -0.15) is 0 Å². The lowest BCUT2D eigenvalue weighted by Gasteiger charge is -2.24. The fourth-order valence-electron chi connectivity index (χ4n) is 4.06. The molecule has 1 saturated heterocycles. The minimum absolute atomic E-state index is 0.0481. The van der Waals surface area contributed by atoms with Crippen molar-refractivity contribution in [3.8, 4) is 11.5 Å². The molecule has 32 heavy (non-hydrogen) atoms. The van der Waals surface area contributed by atoms with Gasteiger partial charge in [0.1, 0.15) is 0 Å². The number of carbonyl (C=O) groups is 1. The number of benzene rings is 2. The number of likely N-dealkylation sites (tertiary alicyclic amines) is 1. The lowest BCUT2D eigenvalue weighted by atomic mass is 10.1. The number of fused-ring (bicyclic) bond motifs is 1. The van der Waals surface area contributed by atoms with E-state index < -0.39 is 10.0 Å². The highest BCUT2D eigenvalue weighted by Gasteiger charge is 2.31. The third kappa shape index (κ3) is 4.11. The Labute approximate surface area is 190 Å². The van der Waals surface area contributed by atoms with E-state index in [0.717, 1.165) is 23.3 Å². The van der Waals surface area contributed by atoms with E-state index in [0.29, 0.717) is 23.6 Å². The minimum atomic E-state index is -3.80. The molecule has 9 heteroatoms. The number of nitrogens with zero attached hydrogens (tertiary/aromatic N) is 1. The highest BCUT2D eigenvalue weighted by molar-refractivity contribution is 7.89. The van der Waals surface area contributed by atoms with Crippen molar-refractivity contribution in [2.45, 2.75) is 30.3 Å². The van der Waals surface area contributed by atoms with Crippen molar-refractivity contribution >= 4 is 27.3 Å². The second-order valence-corrected chi connectivity index (χ2v) is 10.5. The molecule has 1 amide bonds. The predicted molar refractivity (Wildman–Crippen MR) is 120 cm³/mol. The van der Waals surface area contributed by atoms with Crippen molar-refractivity contribution in [1.82, 2.24) is 9.62 Å². The van der Waals surface area contributed by atoms with Crippen LogP contribution in [0.4, 0.5) is 0 Å². The summed E-state index contributed by atoms with van der Waals surface area (Å²) < 4.78 is 39.0. The van der Waals surface area contributed by atoms with Crippen LogP contribution in [0.3, 0.4) is 0 Å². The van der Waals surface area contributed by atoms with Gasteiger partial charge in [-0.05, 0) is 60.2 Å². The summed E-state index contributed by atoms with van der Waals surface area (Å²) >= 11 is 1.64. The lowest BCUT2D eigenvalue weighted by molar-refractivity contribution is 0.0737. The largest absolute Gasteiger partial charge is 0.454 e. The number of sulfonamides is 1. The number of ether oxygens (including phenoxy) is 2. The second kappa shape index (κ2) is 8.57. The van der Waals surface area contributed by atoms with Crippen molar-refractivity contribution in [2.24, 2.45) is 0 Å². The van der Waals surface area contributed by atoms with Crippen molar-refractivity contribution in [3.63, 3.8) is 0 Å². The molecule has 1 atom stereocenters. The third-order valence-corrected chi connectivity index (χ3v) is 8.05. The van der Waals surface area contributed by atoms with Gasteiger partial charge in [0.15, 0.2) is 11.5 Å². The zero-order valence-corrected chi connectivity index (χ0v) is 18.8. The van der Waals surface area contributed by atoms with Crippen LogP contribution in [0.5, 0.6) is 11.5 Å². The Hall–Kier alpha value is -2.88. The first-order valence-corrected chi connectivity index (χ1v) is 12.7. The van der Waals surface area contributed by atoms with Crippen LogP contribution >= 0.6 is 11.3 Å². The van der Waals surface area contributed by atoms with E-state index in [2.05, 4.69) is 4.72 Å². The summed E-state index contributed by atoms with van der Waals surface area (Å²) in [4.78, 5) is 16.3. The summed E-state index contributed by atoms with van der Waals surface area (Å²) in [5, 5.41) is 2.01. The van der Waals surface area contributed by atoms with Crippen LogP contribution in [0.25, 0.3) is 0 Å². The van der Waals surface area contributed by atoms with Gasteiger partial charge in [-0.3, -0.25) is 4.79 Å². The molecule has 2 aliphatic rings. The molecule has 0 radical (unpaired) electrons. The molecule has 0 spiro atoms. The molecule has 1 N–H and O–H groups in total. The van der Waals surface area contributed by atoms with E-state index in [1.807, 2.05) is 22.4 Å². The Bertz CT molecular complexity index is 1240. The topological polar surface area (TPSA) is 84.9 Å². The van der Waals surface area contributed by atoms with Gasteiger partial charge in [-0.15, -0.1) is 11.3 Å². The first-order chi connectivity index (χ1) is 15.5. The Morgan fingerprint density at radius 2 is 1.97 bits per heavy atom. The number of amides is 1. The van der Waals surface area contributed by atoms with E-state index in [1.165, 1.54) is 12.1 Å². The molecule has 0 bridgehead atoms. The van der Waals surface area contributed by atoms with Crippen LogP contribution in [0.2, 0.25) is 0 Å². The van der Waals surface area contributed by atoms with Gasteiger partial charge in [0.25, 0.3) is 5.91 Å². The maximum Gasteiger partial charge on any atom is 0.254 e. The summed E-state index contributed by atoms with van der Waals surface area (Å²) in [7, 11) is -3.80. The SMILES string of the molecule is O=C(c1cccc(S(=O)(=O)NCc2ccc3c(c2)OCO3)c1)N1CCC[C@H]1c1cccs1. The zero-order chi connectivity index (χ0) is 22.1. The second-order valence-electron chi connectivity index (χ2n) is 7.71. The molecular weight excluding hydrogens is 448 g/mol. The van der Waals surface area contributed by atoms with Crippen molar-refractivity contribution in [3.05, 3.63) is 76.0 Å². The van der Waals surface area contributed by atoms with Crippen LogP contribution in [-0.2, 0) is 16.6 Å². The molecule has 2 aliphatic heterocycles. The summed E-state index contributed by atoms with van der Waals surface area (Å²) in [6.07, 6.45) is 1.85. The Balaban J connectivity index is 1.32. The Morgan fingerprint density at radius 3 is 2.81 bits per heavy atom. The first kappa shape index (κ1) is 21.0. The van der Waals surface area contributed by atoms with E-state index in [9.17, 15) is 13.2 Å². The van der Waals surface area contributed by atoms with Crippen LogP contribution in [0.1, 0.15) is 39.7 Å². The van der Waals surface area contributed by atoms with Gasteiger partial charge < -0.3 is 14.4 Å². The third-order valence-electron chi connectivity index (χ3n) is 5.68. The minimum Gasteiger partial charge on any atom is -0.454 e. The standard InChI is InChI=1S/C23H22N2O5S2/c26-23(25-10-2-6-19(25)22-7-3-11-31-22)17-4-1-5-18(13-17)32(27,28)24-14-16-8-9-20-21(12-16)30-15-29-20/h1,3-5,7-9,11-13,19,24H,2,6,10,14-15H2/t19-/m0/s1. The van der Waals surface area contributed by atoms with E-state index in [-0.39, 0.29) is 30.2 Å². The lowest BCUT2D eigenvalue weighted by Crippen LogP contribution is -2.30. The van der Waals surface area contributed by atoms with Crippen LogP contribution < -0.4 is 14.2 Å². The van der Waals surface area contributed by atoms with Crippen molar-refractivity contribution in [2.75, 3.05) is 13.3 Å². The van der Waals surface area contributed by atoms with Crippen molar-refractivity contribution in [1.29, 1.82) is 0 Å². The van der Waals surface area contributed by atoms with E-state index >= 15 is 0 Å². The molecule has 1 aromatic heterocycles. The summed E-state index contributed by atoms with van der Waals surface area (Å²) in [5.41, 5.74) is 1.13. The van der Waals surface area contributed by atoms with E-state index in [4.69, 9.17) is 9.47 Å². The number of carbonyl (C=O) groups excluding carboxylic acids is 1. The zero-order valence-electron chi connectivity index (χ0n) is 17.2. The summed E-state index contributed by atoms with van der Waals surface area (Å²) in [6, 6.07) is 15.6. The van der Waals surface area contributed by atoms with Gasteiger partial charge in [-0.25, -0.2) is 13.1 Å². The van der Waals surface area contributed by atoms with Crippen LogP contribution in [0, 0.1) is 0 Å². The smallest absolute Gasteiger partial charge is 0.254 e. The molecular formula is C23H22N2O5S2. The Morgan fingerprint density at radius 1 is 1.09 bits per heavy atom. The van der Waals surface area contributed by atoms with Crippen LogP contribution in [-0.4, -0.2) is 32.6 Å². The van der Waals surface area contributed by atoms with Crippen LogP contribution in [0.15, 0.2) is 64.9 Å². The fraction of sp³-hybridized carbons (Fsp3) is 0.261. The molecule has 1 fully saturated rings. The number of nitrogens with one attached hydrogen (secondary N) is 1. The Kier molecular flexibility index (Phi) is 5.62. The molecule has 3 heterocycles. The van der Waals surface area contributed by atoms with Gasteiger partial charge in [0.05, 0.1) is 10.9 Å². The molecule has 0 saturated carbocycles. The molecule has 0 unspecified atom stereocenters. The normalized spacial score (nSPS) is 17.6. The molecule has 2 aromatic carbocycles. The summed E-state index contributed by atoms with van der Waals surface area (Å²) in [6.45, 7) is 0.931. The van der Waals surface area contributed by atoms with Gasteiger partial charge in [-0.1, -0.05) is 18.2 Å².